The van der Waals surface area contributed by atoms with Crippen LogP contribution in [0.25, 0.3) is 0 Å². The Morgan fingerprint density at radius 1 is 1.03 bits per heavy atom. The van der Waals surface area contributed by atoms with Crippen LogP contribution in [0, 0.1) is 0 Å². The normalized spacial score (nSPS) is 13.1. The molecule has 6 nitrogen and oxygen atoms in total. The van der Waals surface area contributed by atoms with Crippen LogP contribution < -0.4 is 10.2 Å². The van der Waals surface area contributed by atoms with Crippen molar-refractivity contribution in [1.29, 1.82) is 0 Å². The van der Waals surface area contributed by atoms with Crippen molar-refractivity contribution in [2.45, 2.75) is 25.7 Å². The summed E-state index contributed by atoms with van der Waals surface area (Å²) in [6.07, 6.45) is 1.97. The summed E-state index contributed by atoms with van der Waals surface area (Å²) in [7, 11) is 2.04. The summed E-state index contributed by atoms with van der Waals surface area (Å²) in [4.78, 5) is 26.5. The molecule has 152 valence electrons. The molecule has 0 bridgehead atoms. The molecule has 3 rings (SSSR count). The zero-order valence-corrected chi connectivity index (χ0v) is 16.9. The number of nitrogens with one attached hydrogen (secondary N) is 1. The van der Waals surface area contributed by atoms with E-state index in [4.69, 9.17) is 0 Å². The molecule has 2 aromatic rings. The van der Waals surface area contributed by atoms with Crippen LogP contribution in [-0.2, 0) is 9.59 Å². The van der Waals surface area contributed by atoms with Gasteiger partial charge in [-0.25, -0.2) is 5.01 Å². The summed E-state index contributed by atoms with van der Waals surface area (Å²) in [6.45, 7) is 2.04. The molecule has 1 N–H and O–H groups in total. The number of para-hydroxylation sites is 1. The van der Waals surface area contributed by atoms with Crippen LogP contribution in [-0.4, -0.2) is 49.2 Å². The lowest BCUT2D eigenvalue weighted by molar-refractivity contribution is -0.133. The van der Waals surface area contributed by atoms with Crippen molar-refractivity contribution in [2.24, 2.45) is 5.10 Å². The van der Waals surface area contributed by atoms with Gasteiger partial charge in [-0.05, 0) is 24.1 Å². The van der Waals surface area contributed by atoms with Gasteiger partial charge < -0.3 is 10.2 Å². The average Bonchev–Trinajstić information content (AvgIpc) is 3.26. The molecule has 2 aromatic carbocycles. The summed E-state index contributed by atoms with van der Waals surface area (Å²) in [5, 5.41) is 8.81. The Labute approximate surface area is 172 Å². The van der Waals surface area contributed by atoms with Gasteiger partial charge in [0.15, 0.2) is 0 Å². The molecular formula is C23H28N4O2. The molecule has 6 heteroatoms. The molecule has 0 unspecified atom stereocenters. The molecule has 1 heterocycles. The van der Waals surface area contributed by atoms with E-state index in [1.807, 2.05) is 55.6 Å². The number of hydrogen-bond acceptors (Lipinski definition) is 4. The Hall–Kier alpha value is -3.15. The maximum atomic E-state index is 12.3. The molecule has 0 radical (unpaired) electrons. The zero-order chi connectivity index (χ0) is 20.5. The number of hydrogen-bond donors (Lipinski definition) is 1. The number of carbonyl (C=O) groups excluding carboxylic acids is 2. The highest BCUT2D eigenvalue weighted by atomic mass is 16.2. The van der Waals surface area contributed by atoms with Crippen molar-refractivity contribution in [3.8, 4) is 0 Å². The summed E-state index contributed by atoms with van der Waals surface area (Å²) < 4.78 is 0. The quantitative estimate of drug-likeness (QED) is 0.667. The van der Waals surface area contributed by atoms with Crippen LogP contribution in [0.5, 0.6) is 0 Å². The van der Waals surface area contributed by atoms with Gasteiger partial charge in [0.25, 0.3) is 0 Å². The van der Waals surface area contributed by atoms with E-state index in [1.165, 1.54) is 5.01 Å². The topological polar surface area (TPSA) is 65.0 Å². The first-order valence-corrected chi connectivity index (χ1v) is 10.1. The van der Waals surface area contributed by atoms with E-state index < -0.39 is 0 Å². The Bertz CT molecular complexity index is 836. The van der Waals surface area contributed by atoms with E-state index in [0.717, 1.165) is 36.3 Å². The molecule has 1 aliphatic rings. The molecule has 0 spiro atoms. The molecule has 0 atom stereocenters. The van der Waals surface area contributed by atoms with Crippen LogP contribution >= 0.6 is 0 Å². The van der Waals surface area contributed by atoms with Gasteiger partial charge in [-0.1, -0.05) is 48.5 Å². The smallest absolute Gasteiger partial charge is 0.243 e. The molecule has 0 saturated carbocycles. The zero-order valence-electron chi connectivity index (χ0n) is 16.9. The number of amides is 2. The van der Waals surface area contributed by atoms with Crippen LogP contribution in [0.4, 0.5) is 5.69 Å². The third-order valence-electron chi connectivity index (χ3n) is 4.95. The first kappa shape index (κ1) is 20.6. The average molecular weight is 393 g/mol. The lowest BCUT2D eigenvalue weighted by atomic mass is 10.1. The number of nitrogens with zero attached hydrogens (tertiary/aromatic N) is 3. The third kappa shape index (κ3) is 6.17. The number of benzene rings is 2. The number of anilines is 1. The Morgan fingerprint density at radius 2 is 1.72 bits per heavy atom. The number of carbonyl (C=O) groups is 2. The minimum Gasteiger partial charge on any atom is -0.375 e. The third-order valence-corrected chi connectivity index (χ3v) is 4.95. The standard InChI is InChI=1S/C23H28N4O2/c1-26(20-11-6-3-7-12-20)17-8-16-24-22(28)13-14-23(29)27-18-15-21(25-27)19-9-4-2-5-10-19/h2-7,9-12H,8,13-18H2,1H3,(H,24,28). The van der Waals surface area contributed by atoms with E-state index in [2.05, 4.69) is 27.5 Å². The maximum absolute atomic E-state index is 12.3. The maximum Gasteiger partial charge on any atom is 0.243 e. The predicted octanol–water partition coefficient (Wildman–Crippen LogP) is 3.05. The molecule has 0 aliphatic carbocycles. The van der Waals surface area contributed by atoms with Gasteiger partial charge in [-0.3, -0.25) is 9.59 Å². The monoisotopic (exact) mass is 392 g/mol. The molecule has 0 saturated heterocycles. The highest BCUT2D eigenvalue weighted by molar-refractivity contribution is 6.02. The van der Waals surface area contributed by atoms with Crippen LogP contribution in [0.1, 0.15) is 31.2 Å². The summed E-state index contributed by atoms with van der Waals surface area (Å²) in [5.41, 5.74) is 3.12. The Morgan fingerprint density at radius 3 is 2.45 bits per heavy atom. The predicted molar refractivity (Wildman–Crippen MR) is 116 cm³/mol. The van der Waals surface area contributed by atoms with Gasteiger partial charge in [0.1, 0.15) is 0 Å². The van der Waals surface area contributed by atoms with Crippen molar-refractivity contribution < 1.29 is 9.59 Å². The minimum atomic E-state index is -0.102. The Kier molecular flexibility index (Phi) is 7.39. The fourth-order valence-corrected chi connectivity index (χ4v) is 3.26. The first-order valence-electron chi connectivity index (χ1n) is 10.1. The van der Waals surface area contributed by atoms with Crippen LogP contribution in [0.3, 0.4) is 0 Å². The second-order valence-electron chi connectivity index (χ2n) is 7.14. The van der Waals surface area contributed by atoms with Crippen LogP contribution in [0.2, 0.25) is 0 Å². The van der Waals surface area contributed by atoms with E-state index >= 15 is 0 Å². The fourth-order valence-electron chi connectivity index (χ4n) is 3.26. The lowest BCUT2D eigenvalue weighted by Crippen LogP contribution is -2.30. The van der Waals surface area contributed by atoms with E-state index in [-0.39, 0.29) is 24.7 Å². The second-order valence-corrected chi connectivity index (χ2v) is 7.14. The minimum absolute atomic E-state index is 0.0906. The van der Waals surface area contributed by atoms with E-state index in [1.54, 1.807) is 0 Å². The summed E-state index contributed by atoms with van der Waals surface area (Å²) in [6, 6.07) is 20.0. The SMILES string of the molecule is CN(CCCNC(=O)CCC(=O)N1CCC(c2ccccc2)=N1)c1ccccc1. The van der Waals surface area contributed by atoms with Gasteiger partial charge in [-0.15, -0.1) is 0 Å². The van der Waals surface area contributed by atoms with Crippen molar-refractivity contribution in [2.75, 3.05) is 31.6 Å². The van der Waals surface area contributed by atoms with Crippen molar-refractivity contribution in [3.05, 3.63) is 66.2 Å². The lowest BCUT2D eigenvalue weighted by Gasteiger charge is -2.19. The molecular weight excluding hydrogens is 364 g/mol. The van der Waals surface area contributed by atoms with Crippen LogP contribution in [0.15, 0.2) is 65.8 Å². The van der Waals surface area contributed by atoms with Gasteiger partial charge in [0, 0.05) is 45.1 Å². The van der Waals surface area contributed by atoms with E-state index in [0.29, 0.717) is 13.1 Å². The first-order chi connectivity index (χ1) is 14.1. The molecule has 0 fully saturated rings. The van der Waals surface area contributed by atoms with Gasteiger partial charge >= 0.3 is 0 Å². The molecule has 2 amide bonds. The largest absolute Gasteiger partial charge is 0.375 e. The Balaban J connectivity index is 1.33. The fraction of sp³-hybridized carbons (Fsp3) is 0.348. The second kappa shape index (κ2) is 10.4. The highest BCUT2D eigenvalue weighted by Crippen LogP contribution is 2.15. The number of rotatable bonds is 9. The van der Waals surface area contributed by atoms with E-state index in [9.17, 15) is 9.59 Å². The molecule has 1 aliphatic heterocycles. The van der Waals surface area contributed by atoms with Gasteiger partial charge in [0.05, 0.1) is 12.3 Å². The number of hydrazone groups is 1. The molecule has 0 aromatic heterocycles. The highest BCUT2D eigenvalue weighted by Gasteiger charge is 2.21. The van der Waals surface area contributed by atoms with Crippen molar-refractivity contribution in [1.82, 2.24) is 10.3 Å². The summed E-state index contributed by atoms with van der Waals surface area (Å²) in [5.74, 6) is -0.193. The summed E-state index contributed by atoms with van der Waals surface area (Å²) >= 11 is 0. The van der Waals surface area contributed by atoms with Crippen molar-refractivity contribution >= 4 is 23.2 Å². The van der Waals surface area contributed by atoms with Gasteiger partial charge in [0.2, 0.25) is 11.8 Å². The van der Waals surface area contributed by atoms with Gasteiger partial charge in [-0.2, -0.15) is 5.10 Å². The molecule has 29 heavy (non-hydrogen) atoms. The van der Waals surface area contributed by atoms with Crippen molar-refractivity contribution in [3.63, 3.8) is 0 Å².